The van der Waals surface area contributed by atoms with Crippen LogP contribution in [-0.4, -0.2) is 37.0 Å². The number of rotatable bonds is 11. The van der Waals surface area contributed by atoms with Crippen molar-refractivity contribution in [3.8, 4) is 0 Å². The van der Waals surface area contributed by atoms with Crippen molar-refractivity contribution in [2.45, 2.75) is 58.3 Å². The first-order chi connectivity index (χ1) is 7.62. The van der Waals surface area contributed by atoms with Gasteiger partial charge in [0.25, 0.3) is 0 Å². The summed E-state index contributed by atoms with van der Waals surface area (Å²) in [7, 11) is 4.63. The maximum absolute atomic E-state index is 4.88. The second kappa shape index (κ2) is 10.2. The van der Waals surface area contributed by atoms with Crippen molar-refractivity contribution in [3.05, 3.63) is 0 Å². The fourth-order valence-electron chi connectivity index (χ4n) is 2.01. The van der Waals surface area contributed by atoms with Gasteiger partial charge in [0.15, 0.2) is 0 Å². The summed E-state index contributed by atoms with van der Waals surface area (Å²) in [5.74, 6) is 0. The summed E-state index contributed by atoms with van der Waals surface area (Å²) < 4.78 is 1.13. The summed E-state index contributed by atoms with van der Waals surface area (Å²) in [5.41, 5.74) is 0. The zero-order chi connectivity index (χ0) is 12.3. The molecule has 0 aliphatic rings. The molecular formula is C14H30NS+. The van der Waals surface area contributed by atoms with E-state index >= 15 is 0 Å². The lowest BCUT2D eigenvalue weighted by atomic mass is 10.1. The molecule has 16 heavy (non-hydrogen) atoms. The smallest absolute Gasteiger partial charge is 0.0825 e. The number of hydrogen-bond acceptors (Lipinski definition) is 1. The molecule has 0 amide bonds. The summed E-state index contributed by atoms with van der Waals surface area (Å²) in [5, 5.41) is 1.87. The van der Waals surface area contributed by atoms with E-state index in [1.165, 1.54) is 58.0 Å². The Hall–Kier alpha value is 0.0500. The molecule has 0 aliphatic heterocycles. The van der Waals surface area contributed by atoms with Crippen molar-refractivity contribution < 1.29 is 4.48 Å². The van der Waals surface area contributed by atoms with E-state index < -0.39 is 0 Å². The van der Waals surface area contributed by atoms with Crippen molar-refractivity contribution in [2.24, 2.45) is 0 Å². The third-order valence-corrected chi connectivity index (χ3v) is 3.45. The molecule has 0 heterocycles. The number of unbranched alkanes of at least 4 members (excludes halogenated alkanes) is 6. The average Bonchev–Trinajstić information content (AvgIpc) is 2.25. The minimum atomic E-state index is 1.07. The van der Waals surface area contributed by atoms with Gasteiger partial charge in [-0.2, -0.15) is 0 Å². The fourth-order valence-corrected chi connectivity index (χ4v) is 2.12. The van der Waals surface area contributed by atoms with Crippen LogP contribution in [0.3, 0.4) is 0 Å². The SMILES string of the molecule is CCCCCCCCC[N+](C)(C)CCC=S. The van der Waals surface area contributed by atoms with E-state index in [0.717, 1.165) is 10.9 Å². The standard InChI is InChI=1S/C14H30NS/c1-4-5-6-7-8-9-10-12-15(2,3)13-11-14-16/h14H,4-13H2,1-3H3/q+1. The molecule has 0 saturated heterocycles. The lowest BCUT2D eigenvalue weighted by Gasteiger charge is -2.29. The van der Waals surface area contributed by atoms with Crippen molar-refractivity contribution in [1.82, 2.24) is 0 Å². The van der Waals surface area contributed by atoms with Crippen molar-refractivity contribution in [3.63, 3.8) is 0 Å². The molecule has 0 rings (SSSR count). The lowest BCUT2D eigenvalue weighted by molar-refractivity contribution is -0.889. The van der Waals surface area contributed by atoms with Crippen LogP contribution in [0.15, 0.2) is 0 Å². The first-order valence-electron chi connectivity index (χ1n) is 6.88. The molecule has 96 valence electrons. The second-order valence-electron chi connectivity index (χ2n) is 5.46. The first-order valence-corrected chi connectivity index (χ1v) is 7.35. The van der Waals surface area contributed by atoms with Crippen molar-refractivity contribution in [2.75, 3.05) is 27.2 Å². The predicted octanol–water partition coefficient (Wildman–Crippen LogP) is 4.20. The molecule has 0 atom stereocenters. The highest BCUT2D eigenvalue weighted by Gasteiger charge is 2.12. The predicted molar refractivity (Wildman–Crippen MR) is 78.1 cm³/mol. The number of nitrogens with zero attached hydrogens (tertiary/aromatic N) is 1. The topological polar surface area (TPSA) is 0 Å². The van der Waals surface area contributed by atoms with E-state index in [-0.39, 0.29) is 0 Å². The molecule has 0 saturated carbocycles. The Balaban J connectivity index is 3.32. The van der Waals surface area contributed by atoms with Gasteiger partial charge in [-0.15, -0.1) is 0 Å². The molecule has 0 bridgehead atoms. The molecule has 0 aromatic heterocycles. The van der Waals surface area contributed by atoms with Gasteiger partial charge < -0.3 is 4.48 Å². The Morgan fingerprint density at radius 2 is 1.44 bits per heavy atom. The average molecular weight is 244 g/mol. The molecule has 0 radical (unpaired) electrons. The van der Waals surface area contributed by atoms with Crippen LogP contribution in [0.2, 0.25) is 0 Å². The van der Waals surface area contributed by atoms with Gasteiger partial charge in [-0.3, -0.25) is 0 Å². The molecule has 0 aromatic carbocycles. The van der Waals surface area contributed by atoms with E-state index in [4.69, 9.17) is 12.2 Å². The quantitative estimate of drug-likeness (QED) is 0.298. The molecular weight excluding hydrogens is 214 g/mol. The Morgan fingerprint density at radius 1 is 0.875 bits per heavy atom. The number of thiocarbonyl (C=S) groups is 1. The minimum Gasteiger partial charge on any atom is -0.328 e. The molecule has 0 spiro atoms. The van der Waals surface area contributed by atoms with Crippen LogP contribution in [0.25, 0.3) is 0 Å². The van der Waals surface area contributed by atoms with E-state index in [1.807, 2.05) is 5.37 Å². The van der Waals surface area contributed by atoms with Crippen molar-refractivity contribution in [1.29, 1.82) is 0 Å². The highest BCUT2D eigenvalue weighted by Crippen LogP contribution is 2.09. The summed E-state index contributed by atoms with van der Waals surface area (Å²) in [4.78, 5) is 0. The van der Waals surface area contributed by atoms with Gasteiger partial charge in [0.05, 0.1) is 27.2 Å². The molecule has 0 N–H and O–H groups in total. The van der Waals surface area contributed by atoms with Gasteiger partial charge in [-0.25, -0.2) is 0 Å². The second-order valence-corrected chi connectivity index (χ2v) is 5.79. The van der Waals surface area contributed by atoms with Crippen LogP contribution >= 0.6 is 12.2 Å². The maximum Gasteiger partial charge on any atom is 0.0825 e. The first kappa shape index (κ1) is 16.1. The van der Waals surface area contributed by atoms with E-state index in [9.17, 15) is 0 Å². The summed E-state index contributed by atoms with van der Waals surface area (Å²) in [6.45, 7) is 4.77. The monoisotopic (exact) mass is 244 g/mol. The number of quaternary nitrogens is 1. The molecule has 0 fully saturated rings. The van der Waals surface area contributed by atoms with Gasteiger partial charge in [0, 0.05) is 6.42 Å². The third-order valence-electron chi connectivity index (χ3n) is 3.22. The van der Waals surface area contributed by atoms with Gasteiger partial charge >= 0.3 is 0 Å². The maximum atomic E-state index is 4.88. The summed E-state index contributed by atoms with van der Waals surface area (Å²) in [6, 6.07) is 0. The Kier molecular flexibility index (Phi) is 10.3. The normalized spacial score (nSPS) is 11.7. The third kappa shape index (κ3) is 10.6. The summed E-state index contributed by atoms with van der Waals surface area (Å²) in [6.07, 6.45) is 10.9. The molecule has 2 heteroatoms. The Labute approximate surface area is 108 Å². The van der Waals surface area contributed by atoms with E-state index in [1.54, 1.807) is 0 Å². The van der Waals surface area contributed by atoms with Gasteiger partial charge in [-0.05, 0) is 18.2 Å². The molecule has 0 aromatic rings. The molecule has 0 aliphatic carbocycles. The van der Waals surface area contributed by atoms with Crippen LogP contribution in [0, 0.1) is 0 Å². The fraction of sp³-hybridized carbons (Fsp3) is 0.929. The van der Waals surface area contributed by atoms with Crippen LogP contribution in [-0.2, 0) is 0 Å². The largest absolute Gasteiger partial charge is 0.328 e. The van der Waals surface area contributed by atoms with Crippen molar-refractivity contribution >= 4 is 17.6 Å². The summed E-state index contributed by atoms with van der Waals surface area (Å²) >= 11 is 4.88. The Bertz CT molecular complexity index is 166. The van der Waals surface area contributed by atoms with Crippen LogP contribution in [0.5, 0.6) is 0 Å². The Morgan fingerprint density at radius 3 is 2.00 bits per heavy atom. The van der Waals surface area contributed by atoms with Gasteiger partial charge in [0.2, 0.25) is 0 Å². The van der Waals surface area contributed by atoms with Crippen LogP contribution < -0.4 is 0 Å². The van der Waals surface area contributed by atoms with Crippen LogP contribution in [0.1, 0.15) is 58.3 Å². The zero-order valence-corrected chi connectivity index (χ0v) is 12.3. The highest BCUT2D eigenvalue weighted by atomic mass is 32.1. The minimum absolute atomic E-state index is 1.07. The van der Waals surface area contributed by atoms with E-state index in [2.05, 4.69) is 21.0 Å². The molecule has 0 unspecified atom stereocenters. The molecule has 1 nitrogen and oxygen atoms in total. The zero-order valence-electron chi connectivity index (χ0n) is 11.5. The lowest BCUT2D eigenvalue weighted by Crippen LogP contribution is -2.41. The van der Waals surface area contributed by atoms with Gasteiger partial charge in [0.1, 0.15) is 0 Å². The van der Waals surface area contributed by atoms with Crippen LogP contribution in [0.4, 0.5) is 0 Å². The number of hydrogen-bond donors (Lipinski definition) is 0. The van der Waals surface area contributed by atoms with E-state index in [0.29, 0.717) is 0 Å². The van der Waals surface area contributed by atoms with Gasteiger partial charge in [-0.1, -0.05) is 51.2 Å². The highest BCUT2D eigenvalue weighted by molar-refractivity contribution is 7.78.